The van der Waals surface area contributed by atoms with E-state index in [9.17, 15) is 5.11 Å². The molecule has 0 aliphatic carbocycles. The van der Waals surface area contributed by atoms with Crippen LogP contribution in [0.1, 0.15) is 31.9 Å². The van der Waals surface area contributed by atoms with E-state index in [0.29, 0.717) is 6.54 Å². The minimum Gasteiger partial charge on any atom is -0.395 e. The van der Waals surface area contributed by atoms with Crippen molar-refractivity contribution in [1.82, 2.24) is 4.90 Å². The fraction of sp³-hybridized carbons (Fsp3) is 0.571. The molecule has 1 aromatic rings. The van der Waals surface area contributed by atoms with Gasteiger partial charge in [0.15, 0.2) is 0 Å². The van der Waals surface area contributed by atoms with Crippen LogP contribution in [0.5, 0.6) is 0 Å². The van der Waals surface area contributed by atoms with E-state index in [0.717, 1.165) is 23.6 Å². The number of hydrogen-bond donors (Lipinski definition) is 2. The quantitative estimate of drug-likeness (QED) is 0.800. The van der Waals surface area contributed by atoms with Crippen molar-refractivity contribution in [2.45, 2.75) is 32.4 Å². The summed E-state index contributed by atoms with van der Waals surface area (Å²) in [4.78, 5) is 2.20. The molecule has 0 aliphatic rings. The summed E-state index contributed by atoms with van der Waals surface area (Å²) >= 11 is 6.26. The van der Waals surface area contributed by atoms with Crippen molar-refractivity contribution >= 4 is 11.6 Å². The maximum atomic E-state index is 9.19. The summed E-state index contributed by atoms with van der Waals surface area (Å²) in [6, 6.07) is 7.79. The summed E-state index contributed by atoms with van der Waals surface area (Å²) in [6.07, 6.45) is 1.02. The van der Waals surface area contributed by atoms with Crippen LogP contribution in [0.15, 0.2) is 24.3 Å². The topological polar surface area (TPSA) is 49.5 Å². The van der Waals surface area contributed by atoms with Gasteiger partial charge in [0.25, 0.3) is 0 Å². The predicted octanol–water partition coefficient (Wildman–Crippen LogP) is 2.43. The Morgan fingerprint density at radius 1 is 1.33 bits per heavy atom. The fourth-order valence-corrected chi connectivity index (χ4v) is 2.58. The van der Waals surface area contributed by atoms with Gasteiger partial charge in [-0.15, -0.1) is 0 Å². The zero-order chi connectivity index (χ0) is 13.5. The second kappa shape index (κ2) is 7.74. The number of aliphatic hydroxyl groups is 1. The number of aliphatic hydroxyl groups excluding tert-OH is 1. The summed E-state index contributed by atoms with van der Waals surface area (Å²) < 4.78 is 0. The van der Waals surface area contributed by atoms with Gasteiger partial charge in [-0.3, -0.25) is 4.90 Å². The number of rotatable bonds is 7. The third kappa shape index (κ3) is 3.95. The van der Waals surface area contributed by atoms with Gasteiger partial charge in [0.1, 0.15) is 0 Å². The van der Waals surface area contributed by atoms with Gasteiger partial charge in [0.05, 0.1) is 12.6 Å². The fourth-order valence-electron chi connectivity index (χ4n) is 2.33. The molecule has 3 nitrogen and oxygen atoms in total. The molecule has 4 heteroatoms. The van der Waals surface area contributed by atoms with E-state index in [1.165, 1.54) is 0 Å². The summed E-state index contributed by atoms with van der Waals surface area (Å²) in [5, 5.41) is 9.93. The molecule has 0 saturated heterocycles. The maximum absolute atomic E-state index is 9.19. The van der Waals surface area contributed by atoms with Crippen molar-refractivity contribution < 1.29 is 5.11 Å². The summed E-state index contributed by atoms with van der Waals surface area (Å²) in [7, 11) is 0. The summed E-state index contributed by atoms with van der Waals surface area (Å²) in [6.45, 7) is 5.75. The monoisotopic (exact) mass is 270 g/mol. The first-order valence-corrected chi connectivity index (χ1v) is 6.84. The van der Waals surface area contributed by atoms with Crippen LogP contribution in [0.2, 0.25) is 5.02 Å². The van der Waals surface area contributed by atoms with Gasteiger partial charge in [-0.2, -0.15) is 0 Å². The molecule has 102 valence electrons. The summed E-state index contributed by atoms with van der Waals surface area (Å²) in [5.74, 6) is 0. The molecule has 0 bridgehead atoms. The largest absolute Gasteiger partial charge is 0.395 e. The van der Waals surface area contributed by atoms with E-state index in [4.69, 9.17) is 17.3 Å². The van der Waals surface area contributed by atoms with Crippen molar-refractivity contribution in [1.29, 1.82) is 0 Å². The van der Waals surface area contributed by atoms with Gasteiger partial charge in [0, 0.05) is 17.6 Å². The van der Waals surface area contributed by atoms with Crippen LogP contribution in [0.25, 0.3) is 0 Å². The molecule has 18 heavy (non-hydrogen) atoms. The number of halogens is 1. The normalized spacial score (nSPS) is 14.8. The Kier molecular flexibility index (Phi) is 6.65. The second-order valence-electron chi connectivity index (χ2n) is 4.59. The van der Waals surface area contributed by atoms with Gasteiger partial charge >= 0.3 is 0 Å². The molecular formula is C14H23ClN2O. The van der Waals surface area contributed by atoms with Crippen LogP contribution in [-0.2, 0) is 0 Å². The van der Waals surface area contributed by atoms with E-state index in [1.807, 2.05) is 31.2 Å². The highest BCUT2D eigenvalue weighted by atomic mass is 35.5. The zero-order valence-electron chi connectivity index (χ0n) is 11.1. The lowest BCUT2D eigenvalue weighted by Crippen LogP contribution is -2.41. The van der Waals surface area contributed by atoms with Gasteiger partial charge in [-0.25, -0.2) is 0 Å². The highest BCUT2D eigenvalue weighted by molar-refractivity contribution is 6.31. The molecular weight excluding hydrogens is 248 g/mol. The van der Waals surface area contributed by atoms with Gasteiger partial charge in [-0.05, 0) is 31.5 Å². The molecule has 0 aliphatic heterocycles. The molecule has 0 radical (unpaired) electrons. The second-order valence-corrected chi connectivity index (χ2v) is 4.99. The van der Waals surface area contributed by atoms with Crippen molar-refractivity contribution in [2.75, 3.05) is 19.7 Å². The van der Waals surface area contributed by atoms with Crippen LogP contribution in [0.3, 0.4) is 0 Å². The Morgan fingerprint density at radius 3 is 2.50 bits per heavy atom. The van der Waals surface area contributed by atoms with Crippen LogP contribution in [0.4, 0.5) is 0 Å². The SMILES string of the molecule is CCCN(CCO)C(c1ccccc1Cl)C(C)N. The standard InChI is InChI=1S/C14H23ClN2O/c1-3-8-17(9-10-18)14(11(2)16)12-6-4-5-7-13(12)15/h4-7,11,14,18H,3,8-10,16H2,1-2H3. The van der Waals surface area contributed by atoms with Crippen molar-refractivity contribution in [3.63, 3.8) is 0 Å². The number of nitrogens with zero attached hydrogens (tertiary/aromatic N) is 1. The first-order valence-electron chi connectivity index (χ1n) is 6.46. The molecule has 0 aromatic heterocycles. The van der Waals surface area contributed by atoms with Crippen molar-refractivity contribution in [3.8, 4) is 0 Å². The zero-order valence-corrected chi connectivity index (χ0v) is 11.9. The van der Waals surface area contributed by atoms with E-state index in [2.05, 4.69) is 11.8 Å². The Bertz CT molecular complexity index is 351. The molecule has 1 rings (SSSR count). The minimum atomic E-state index is -0.0389. The molecule has 3 N–H and O–H groups in total. The van der Waals surface area contributed by atoms with Crippen LogP contribution in [-0.4, -0.2) is 35.7 Å². The Balaban J connectivity index is 3.03. The van der Waals surface area contributed by atoms with Crippen molar-refractivity contribution in [2.24, 2.45) is 5.73 Å². The Hall–Kier alpha value is -0.610. The van der Waals surface area contributed by atoms with E-state index in [-0.39, 0.29) is 18.7 Å². The average molecular weight is 271 g/mol. The molecule has 0 amide bonds. The number of benzene rings is 1. The summed E-state index contributed by atoms with van der Waals surface area (Å²) in [5.41, 5.74) is 7.16. The van der Waals surface area contributed by atoms with E-state index in [1.54, 1.807) is 0 Å². The highest BCUT2D eigenvalue weighted by Gasteiger charge is 2.24. The third-order valence-corrected chi connectivity index (χ3v) is 3.36. The molecule has 2 unspecified atom stereocenters. The average Bonchev–Trinajstić information content (AvgIpc) is 2.32. The van der Waals surface area contributed by atoms with Gasteiger partial charge in [-0.1, -0.05) is 36.7 Å². The molecule has 0 heterocycles. The lowest BCUT2D eigenvalue weighted by Gasteiger charge is -2.34. The number of nitrogens with two attached hydrogens (primary N) is 1. The molecule has 2 atom stereocenters. The molecule has 0 spiro atoms. The Morgan fingerprint density at radius 2 is 2.00 bits per heavy atom. The van der Waals surface area contributed by atoms with Crippen molar-refractivity contribution in [3.05, 3.63) is 34.9 Å². The smallest absolute Gasteiger partial charge is 0.0558 e. The lowest BCUT2D eigenvalue weighted by atomic mass is 9.98. The van der Waals surface area contributed by atoms with Gasteiger partial charge in [0.2, 0.25) is 0 Å². The van der Waals surface area contributed by atoms with Gasteiger partial charge < -0.3 is 10.8 Å². The highest BCUT2D eigenvalue weighted by Crippen LogP contribution is 2.29. The van der Waals surface area contributed by atoms with Crippen LogP contribution >= 0.6 is 11.6 Å². The predicted molar refractivity (Wildman–Crippen MR) is 76.8 cm³/mol. The third-order valence-electron chi connectivity index (χ3n) is 3.01. The minimum absolute atomic E-state index is 0.0389. The van der Waals surface area contributed by atoms with Crippen LogP contribution in [0, 0.1) is 0 Å². The number of hydrogen-bond acceptors (Lipinski definition) is 3. The lowest BCUT2D eigenvalue weighted by molar-refractivity contribution is 0.137. The molecule has 1 aromatic carbocycles. The first-order chi connectivity index (χ1) is 8.61. The maximum Gasteiger partial charge on any atom is 0.0558 e. The molecule has 0 saturated carbocycles. The van der Waals surface area contributed by atoms with E-state index < -0.39 is 0 Å². The Labute approximate surface area is 115 Å². The van der Waals surface area contributed by atoms with Crippen LogP contribution < -0.4 is 5.73 Å². The first kappa shape index (κ1) is 15.4. The molecule has 0 fully saturated rings. The van der Waals surface area contributed by atoms with E-state index >= 15 is 0 Å².